The van der Waals surface area contributed by atoms with Crippen molar-refractivity contribution in [3.05, 3.63) is 22.7 Å². The fraction of sp³-hybridized carbons (Fsp3) is 0.417. The summed E-state index contributed by atoms with van der Waals surface area (Å²) in [5, 5.41) is 21.7. The Morgan fingerprint density at radius 3 is 2.94 bits per heavy atom. The monoisotopic (exact) mass is 287 g/mol. The Labute approximate surface area is 114 Å². The molecule has 0 radical (unpaired) electrons. The molecule has 4 nitrogen and oxygen atoms in total. The first kappa shape index (κ1) is 13.7. The summed E-state index contributed by atoms with van der Waals surface area (Å²) in [6.07, 6.45) is -1.13. The highest BCUT2D eigenvalue weighted by Crippen LogP contribution is 2.39. The lowest BCUT2D eigenvalue weighted by atomic mass is 10.1. The van der Waals surface area contributed by atoms with Gasteiger partial charge in [-0.1, -0.05) is 18.5 Å². The van der Waals surface area contributed by atoms with Crippen molar-refractivity contribution in [3.8, 4) is 0 Å². The van der Waals surface area contributed by atoms with E-state index in [1.807, 2.05) is 6.92 Å². The van der Waals surface area contributed by atoms with E-state index in [9.17, 15) is 9.90 Å². The first-order valence-electron chi connectivity index (χ1n) is 5.59. The van der Waals surface area contributed by atoms with Crippen molar-refractivity contribution < 1.29 is 15.0 Å². The fourth-order valence-corrected chi connectivity index (χ4v) is 2.94. The summed E-state index contributed by atoms with van der Waals surface area (Å²) in [4.78, 5) is 12.2. The molecular formula is C12H14ClNO3S. The number of hydrogen-bond acceptors (Lipinski definition) is 4. The molecule has 98 valence electrons. The molecule has 2 atom stereocenters. The summed E-state index contributed by atoms with van der Waals surface area (Å²) in [5.41, 5.74) is 1.13. The minimum Gasteiger partial charge on any atom is -0.396 e. The van der Waals surface area contributed by atoms with Gasteiger partial charge in [0.15, 0.2) is 6.10 Å². The molecule has 0 fully saturated rings. The maximum absolute atomic E-state index is 11.3. The summed E-state index contributed by atoms with van der Waals surface area (Å²) in [6, 6.07) is 3.38. The summed E-state index contributed by atoms with van der Waals surface area (Å²) >= 11 is 7.64. The van der Waals surface area contributed by atoms with Crippen molar-refractivity contribution in [2.45, 2.75) is 17.9 Å². The minimum atomic E-state index is -1.13. The van der Waals surface area contributed by atoms with E-state index in [0.717, 1.165) is 10.6 Å². The Morgan fingerprint density at radius 1 is 1.56 bits per heavy atom. The molecule has 0 aliphatic carbocycles. The van der Waals surface area contributed by atoms with Crippen LogP contribution in [0.5, 0.6) is 0 Å². The van der Waals surface area contributed by atoms with Gasteiger partial charge in [0.2, 0.25) is 0 Å². The Balaban J connectivity index is 2.19. The Bertz CT molecular complexity index is 481. The van der Waals surface area contributed by atoms with Gasteiger partial charge in [-0.15, -0.1) is 11.8 Å². The number of carbonyl (C=O) groups is 1. The number of fused-ring (bicyclic) bond motifs is 1. The van der Waals surface area contributed by atoms with E-state index in [0.29, 0.717) is 16.3 Å². The largest absolute Gasteiger partial charge is 0.396 e. The lowest BCUT2D eigenvalue weighted by Crippen LogP contribution is -2.10. The molecular weight excluding hydrogens is 274 g/mol. The van der Waals surface area contributed by atoms with Gasteiger partial charge in [0.1, 0.15) is 0 Å². The number of anilines is 1. The van der Waals surface area contributed by atoms with E-state index in [-0.39, 0.29) is 12.5 Å². The van der Waals surface area contributed by atoms with Gasteiger partial charge in [-0.2, -0.15) is 0 Å². The standard InChI is InChI=1S/C12H14ClNO3S/c1-6(4-15)5-18-10-3-9-7(2-8(10)13)11(16)12(17)14-9/h2-3,6,11,15-16H,4-5H2,1H3,(H,14,17). The number of nitrogens with one attached hydrogen (secondary N) is 1. The number of hydrogen-bond donors (Lipinski definition) is 3. The van der Waals surface area contributed by atoms with Crippen LogP contribution in [0.1, 0.15) is 18.6 Å². The number of rotatable bonds is 4. The van der Waals surface area contributed by atoms with E-state index in [4.69, 9.17) is 16.7 Å². The molecule has 1 aliphatic rings. The molecule has 0 bridgehead atoms. The van der Waals surface area contributed by atoms with E-state index < -0.39 is 12.0 Å². The van der Waals surface area contributed by atoms with Crippen LogP contribution in [-0.2, 0) is 4.79 Å². The predicted molar refractivity (Wildman–Crippen MR) is 72.0 cm³/mol. The quantitative estimate of drug-likeness (QED) is 0.741. The van der Waals surface area contributed by atoms with Crippen molar-refractivity contribution in [3.63, 3.8) is 0 Å². The van der Waals surface area contributed by atoms with E-state index in [2.05, 4.69) is 5.32 Å². The second-order valence-corrected chi connectivity index (χ2v) is 5.83. The van der Waals surface area contributed by atoms with Gasteiger partial charge in [-0.05, 0) is 18.1 Å². The fourth-order valence-electron chi connectivity index (χ4n) is 1.64. The van der Waals surface area contributed by atoms with Gasteiger partial charge in [-0.3, -0.25) is 4.79 Å². The highest BCUT2D eigenvalue weighted by atomic mass is 35.5. The van der Waals surface area contributed by atoms with Gasteiger partial charge in [0.05, 0.1) is 5.02 Å². The normalized spacial score (nSPS) is 19.6. The smallest absolute Gasteiger partial charge is 0.257 e. The molecule has 1 aromatic carbocycles. The third kappa shape index (κ3) is 2.64. The van der Waals surface area contributed by atoms with Crippen LogP contribution >= 0.6 is 23.4 Å². The first-order chi connectivity index (χ1) is 8.52. The molecule has 1 aromatic rings. The molecule has 0 spiro atoms. The lowest BCUT2D eigenvalue weighted by molar-refractivity contribution is -0.123. The summed E-state index contributed by atoms with van der Waals surface area (Å²) in [5.74, 6) is 0.498. The summed E-state index contributed by atoms with van der Waals surface area (Å²) < 4.78 is 0. The summed E-state index contributed by atoms with van der Waals surface area (Å²) in [6.45, 7) is 2.07. The van der Waals surface area contributed by atoms with Gasteiger partial charge in [0.25, 0.3) is 5.91 Å². The van der Waals surface area contributed by atoms with Crippen molar-refractivity contribution in [2.24, 2.45) is 5.92 Å². The summed E-state index contributed by atoms with van der Waals surface area (Å²) in [7, 11) is 0. The minimum absolute atomic E-state index is 0.130. The average molecular weight is 288 g/mol. The molecule has 0 saturated heterocycles. The van der Waals surface area contributed by atoms with Crippen LogP contribution in [0.15, 0.2) is 17.0 Å². The highest BCUT2D eigenvalue weighted by molar-refractivity contribution is 7.99. The van der Waals surface area contributed by atoms with Crippen LogP contribution in [0.25, 0.3) is 0 Å². The molecule has 18 heavy (non-hydrogen) atoms. The Kier molecular flexibility index (Phi) is 4.17. The number of amides is 1. The highest BCUT2D eigenvalue weighted by Gasteiger charge is 2.29. The van der Waals surface area contributed by atoms with Crippen molar-refractivity contribution in [1.82, 2.24) is 0 Å². The van der Waals surface area contributed by atoms with Crippen molar-refractivity contribution in [2.75, 3.05) is 17.7 Å². The average Bonchev–Trinajstić information content (AvgIpc) is 2.62. The molecule has 0 saturated carbocycles. The maximum Gasteiger partial charge on any atom is 0.257 e. The number of halogens is 1. The molecule has 0 aromatic heterocycles. The lowest BCUT2D eigenvalue weighted by Gasteiger charge is -2.10. The maximum atomic E-state index is 11.3. The second kappa shape index (κ2) is 5.48. The molecule has 3 N–H and O–H groups in total. The molecule has 1 heterocycles. The second-order valence-electron chi connectivity index (χ2n) is 4.36. The van der Waals surface area contributed by atoms with E-state index in [1.165, 1.54) is 11.8 Å². The van der Waals surface area contributed by atoms with Crippen molar-refractivity contribution >= 4 is 35.0 Å². The van der Waals surface area contributed by atoms with Gasteiger partial charge < -0.3 is 15.5 Å². The number of aliphatic hydroxyl groups excluding tert-OH is 2. The zero-order valence-corrected chi connectivity index (χ0v) is 11.4. The van der Waals surface area contributed by atoms with Gasteiger partial charge >= 0.3 is 0 Å². The van der Waals surface area contributed by atoms with E-state index >= 15 is 0 Å². The third-order valence-electron chi connectivity index (χ3n) is 2.74. The third-order valence-corrected chi connectivity index (χ3v) is 4.55. The molecule has 2 rings (SSSR count). The van der Waals surface area contributed by atoms with Crippen LogP contribution in [0, 0.1) is 5.92 Å². The number of aliphatic hydroxyl groups is 2. The van der Waals surface area contributed by atoms with Crippen LogP contribution in [-0.4, -0.2) is 28.5 Å². The molecule has 1 amide bonds. The topological polar surface area (TPSA) is 69.6 Å². The Hall–Kier alpha value is -0.750. The number of benzene rings is 1. The molecule has 2 unspecified atom stereocenters. The van der Waals surface area contributed by atoms with Gasteiger partial charge in [-0.25, -0.2) is 0 Å². The first-order valence-corrected chi connectivity index (χ1v) is 6.95. The van der Waals surface area contributed by atoms with Crippen LogP contribution in [0.2, 0.25) is 5.02 Å². The molecule has 6 heteroatoms. The zero-order valence-electron chi connectivity index (χ0n) is 9.81. The SMILES string of the molecule is CC(CO)CSc1cc2c(cc1Cl)C(O)C(=O)N2. The zero-order chi connectivity index (χ0) is 13.3. The number of thioether (sulfide) groups is 1. The van der Waals surface area contributed by atoms with Crippen LogP contribution < -0.4 is 5.32 Å². The number of carbonyl (C=O) groups excluding carboxylic acids is 1. The molecule has 1 aliphatic heterocycles. The van der Waals surface area contributed by atoms with Crippen LogP contribution in [0.3, 0.4) is 0 Å². The van der Waals surface area contributed by atoms with E-state index in [1.54, 1.807) is 12.1 Å². The van der Waals surface area contributed by atoms with Gasteiger partial charge in [0, 0.05) is 28.5 Å². The van der Waals surface area contributed by atoms with Crippen LogP contribution in [0.4, 0.5) is 5.69 Å². The van der Waals surface area contributed by atoms with Crippen molar-refractivity contribution in [1.29, 1.82) is 0 Å². The predicted octanol–water partition coefficient (Wildman–Crippen LogP) is 2.05. The Morgan fingerprint density at radius 2 is 2.28 bits per heavy atom.